The van der Waals surface area contributed by atoms with Crippen LogP contribution in [0, 0.1) is 19.8 Å². The molecule has 0 saturated carbocycles. The third-order valence-electron chi connectivity index (χ3n) is 6.32. The molecule has 33 heavy (non-hydrogen) atoms. The van der Waals surface area contributed by atoms with Crippen molar-refractivity contribution in [1.82, 2.24) is 4.98 Å². The highest BCUT2D eigenvalue weighted by Gasteiger charge is 2.44. The van der Waals surface area contributed by atoms with E-state index in [0.717, 1.165) is 32.3 Å². The van der Waals surface area contributed by atoms with E-state index in [0.29, 0.717) is 19.3 Å². The maximum Gasteiger partial charge on any atom is 0.349 e. The van der Waals surface area contributed by atoms with Crippen molar-refractivity contribution >= 4 is 29.1 Å². The second-order valence-corrected chi connectivity index (χ2v) is 12.2. The first-order valence-corrected chi connectivity index (χ1v) is 13.0. The maximum absolute atomic E-state index is 13.2. The first-order valence-electron chi connectivity index (χ1n) is 11.4. The van der Waals surface area contributed by atoms with Gasteiger partial charge in [0.25, 0.3) is 0 Å². The average Bonchev–Trinajstić information content (AvgIpc) is 3.13. The molecular weight excluding hydrogens is 454 g/mol. The Balaban J connectivity index is 1.92. The highest BCUT2D eigenvalue weighted by Crippen LogP contribution is 2.45. The summed E-state index contributed by atoms with van der Waals surface area (Å²) in [6.45, 7) is 14.2. The number of aromatic nitrogens is 1. The lowest BCUT2D eigenvalue weighted by atomic mass is 9.81. The van der Waals surface area contributed by atoms with Crippen LogP contribution in [0.1, 0.15) is 74.9 Å². The number of carbonyl (C=O) groups is 1. The molecule has 1 aromatic heterocycles. The summed E-state index contributed by atoms with van der Waals surface area (Å²) in [5.74, 6) is -0.340. The molecule has 0 saturated heterocycles. The molecule has 1 aliphatic rings. The summed E-state index contributed by atoms with van der Waals surface area (Å²) in [5, 5.41) is 23.8. The number of thioether (sulfide) groups is 1. The Labute approximate surface area is 205 Å². The predicted molar refractivity (Wildman–Crippen MR) is 135 cm³/mol. The Kier molecular flexibility index (Phi) is 7.66. The molecule has 1 aliphatic heterocycles. The van der Waals surface area contributed by atoms with Crippen molar-refractivity contribution in [3.8, 4) is 0 Å². The van der Waals surface area contributed by atoms with Crippen LogP contribution in [0.25, 0.3) is 0 Å². The lowest BCUT2D eigenvalue weighted by Crippen LogP contribution is -2.44. The van der Waals surface area contributed by atoms with Crippen molar-refractivity contribution < 1.29 is 19.7 Å². The first-order chi connectivity index (χ1) is 15.4. The van der Waals surface area contributed by atoms with Gasteiger partial charge in [-0.25, -0.2) is 9.78 Å². The summed E-state index contributed by atoms with van der Waals surface area (Å²) in [6, 6.07) is 3.98. The fourth-order valence-corrected chi connectivity index (χ4v) is 6.13. The quantitative estimate of drug-likeness (QED) is 0.439. The normalized spacial score (nSPS) is 19.4. The van der Waals surface area contributed by atoms with E-state index < -0.39 is 11.6 Å². The SMILES string of the molecule is Cc1csc(CCC2(C(C)C)CC(O)=C(Sc3cc(C)c(CO)cc3C(C)(C)C)C(=O)O2)n1. The molecule has 1 aromatic carbocycles. The smallest absolute Gasteiger partial charge is 0.349 e. The largest absolute Gasteiger partial charge is 0.511 e. The van der Waals surface area contributed by atoms with Gasteiger partial charge in [0, 0.05) is 28.8 Å². The monoisotopic (exact) mass is 489 g/mol. The average molecular weight is 490 g/mol. The summed E-state index contributed by atoms with van der Waals surface area (Å²) in [5.41, 5.74) is 2.89. The van der Waals surface area contributed by atoms with Crippen molar-refractivity contribution in [1.29, 1.82) is 0 Å². The van der Waals surface area contributed by atoms with E-state index in [4.69, 9.17) is 4.74 Å². The first kappa shape index (κ1) is 25.8. The summed E-state index contributed by atoms with van der Waals surface area (Å²) >= 11 is 2.87. The van der Waals surface area contributed by atoms with E-state index in [9.17, 15) is 15.0 Å². The number of nitrogens with zero attached hydrogens (tertiary/aromatic N) is 1. The van der Waals surface area contributed by atoms with Gasteiger partial charge in [0.2, 0.25) is 0 Å². The van der Waals surface area contributed by atoms with E-state index in [2.05, 4.69) is 25.8 Å². The van der Waals surface area contributed by atoms with E-state index in [-0.39, 0.29) is 28.6 Å². The number of carbonyl (C=O) groups excluding carboxylic acids is 1. The van der Waals surface area contributed by atoms with Crippen LogP contribution in [0.5, 0.6) is 0 Å². The zero-order chi connectivity index (χ0) is 24.6. The maximum atomic E-state index is 13.2. The zero-order valence-electron chi connectivity index (χ0n) is 20.6. The number of hydrogen-bond donors (Lipinski definition) is 2. The van der Waals surface area contributed by atoms with Gasteiger partial charge in [-0.2, -0.15) is 0 Å². The highest BCUT2D eigenvalue weighted by molar-refractivity contribution is 8.04. The Hall–Kier alpha value is -1.83. The summed E-state index contributed by atoms with van der Waals surface area (Å²) < 4.78 is 6.08. The number of rotatable bonds is 7. The molecule has 180 valence electrons. The van der Waals surface area contributed by atoms with Gasteiger partial charge < -0.3 is 14.9 Å². The van der Waals surface area contributed by atoms with E-state index in [1.165, 1.54) is 11.8 Å². The topological polar surface area (TPSA) is 79.7 Å². The molecule has 2 heterocycles. The molecule has 1 unspecified atom stereocenters. The Morgan fingerprint density at radius 2 is 1.97 bits per heavy atom. The van der Waals surface area contributed by atoms with Gasteiger partial charge in [0.05, 0.1) is 11.6 Å². The van der Waals surface area contributed by atoms with E-state index in [1.54, 1.807) is 11.3 Å². The summed E-state index contributed by atoms with van der Waals surface area (Å²) in [7, 11) is 0. The van der Waals surface area contributed by atoms with Crippen LogP contribution in [0.15, 0.2) is 33.1 Å². The number of esters is 1. The molecule has 2 N–H and O–H groups in total. The van der Waals surface area contributed by atoms with Crippen molar-refractivity contribution in [3.05, 3.63) is 55.6 Å². The number of aryl methyl sites for hydroxylation is 3. The lowest BCUT2D eigenvalue weighted by molar-refractivity contribution is -0.164. The van der Waals surface area contributed by atoms with Crippen LogP contribution in [-0.2, 0) is 28.0 Å². The second-order valence-electron chi connectivity index (χ2n) is 10.2. The molecule has 2 aromatic rings. The Morgan fingerprint density at radius 1 is 1.27 bits per heavy atom. The standard InChI is InChI=1S/C26H35NO4S2/c1-15(2)26(9-8-22-27-17(4)14-32-22)12-20(29)23(24(30)31-26)33-21-10-16(3)18(13-28)11-19(21)25(5,6)7/h10-11,14-15,28-29H,8-9,12-13H2,1-7H3. The third-order valence-corrected chi connectivity index (χ3v) is 8.51. The van der Waals surface area contributed by atoms with E-state index in [1.807, 2.05) is 45.2 Å². The Morgan fingerprint density at radius 3 is 2.48 bits per heavy atom. The van der Waals surface area contributed by atoms with Gasteiger partial charge in [0.15, 0.2) is 0 Å². The van der Waals surface area contributed by atoms with Crippen molar-refractivity contribution in [2.75, 3.05) is 0 Å². The van der Waals surface area contributed by atoms with Gasteiger partial charge in [0.1, 0.15) is 16.3 Å². The molecule has 0 aliphatic carbocycles. The second kappa shape index (κ2) is 9.80. The van der Waals surface area contributed by atoms with Gasteiger partial charge >= 0.3 is 5.97 Å². The van der Waals surface area contributed by atoms with Crippen LogP contribution < -0.4 is 0 Å². The molecule has 5 nitrogen and oxygen atoms in total. The molecule has 0 radical (unpaired) electrons. The van der Waals surface area contributed by atoms with Crippen LogP contribution in [-0.4, -0.2) is 26.8 Å². The number of thiazole rings is 1. The van der Waals surface area contributed by atoms with E-state index >= 15 is 0 Å². The molecule has 0 spiro atoms. The molecule has 1 atom stereocenters. The molecule has 0 fully saturated rings. The number of cyclic esters (lactones) is 1. The molecule has 7 heteroatoms. The van der Waals surface area contributed by atoms with Gasteiger partial charge in [-0.05, 0) is 54.4 Å². The molecule has 3 rings (SSSR count). The molecule has 0 amide bonds. The van der Waals surface area contributed by atoms with Gasteiger partial charge in [-0.1, -0.05) is 52.4 Å². The minimum atomic E-state index is -0.756. The zero-order valence-corrected chi connectivity index (χ0v) is 22.2. The number of hydrogen-bond acceptors (Lipinski definition) is 7. The predicted octanol–water partition coefficient (Wildman–Crippen LogP) is 6.39. The molecule has 0 bridgehead atoms. The summed E-state index contributed by atoms with van der Waals surface area (Å²) in [6.07, 6.45) is 1.61. The van der Waals surface area contributed by atoms with Gasteiger partial charge in [-0.3, -0.25) is 0 Å². The van der Waals surface area contributed by atoms with Crippen LogP contribution in [0.3, 0.4) is 0 Å². The van der Waals surface area contributed by atoms with Crippen molar-refractivity contribution in [2.45, 2.75) is 90.2 Å². The highest BCUT2D eigenvalue weighted by atomic mass is 32.2. The minimum absolute atomic E-state index is 0.0363. The number of benzene rings is 1. The van der Waals surface area contributed by atoms with Crippen molar-refractivity contribution in [2.24, 2.45) is 5.92 Å². The number of aliphatic hydroxyl groups is 2. The van der Waals surface area contributed by atoms with Crippen LogP contribution in [0.2, 0.25) is 0 Å². The minimum Gasteiger partial charge on any atom is -0.511 e. The van der Waals surface area contributed by atoms with Crippen LogP contribution in [0.4, 0.5) is 0 Å². The fourth-order valence-electron chi connectivity index (χ4n) is 4.11. The van der Waals surface area contributed by atoms with Gasteiger partial charge in [-0.15, -0.1) is 11.3 Å². The molecular formula is C26H35NO4S2. The number of aliphatic hydroxyl groups excluding tert-OH is 2. The fraction of sp³-hybridized carbons (Fsp3) is 0.538. The lowest BCUT2D eigenvalue weighted by Gasteiger charge is -2.40. The summed E-state index contributed by atoms with van der Waals surface area (Å²) in [4.78, 5) is 18.9. The van der Waals surface area contributed by atoms with Crippen molar-refractivity contribution in [3.63, 3.8) is 0 Å². The van der Waals surface area contributed by atoms with Crippen LogP contribution >= 0.6 is 23.1 Å². The number of ether oxygens (including phenoxy) is 1. The third kappa shape index (κ3) is 5.64. The Bertz CT molecular complexity index is 1060.